The maximum absolute atomic E-state index is 8.90. The molecule has 17 aromatic carbocycles. The molecule has 0 N–H and O–H groups in total. The number of benzene rings is 17. The molecule has 0 saturated carbocycles. The van der Waals surface area contributed by atoms with Gasteiger partial charge in [0.2, 0.25) is 0 Å². The summed E-state index contributed by atoms with van der Waals surface area (Å²) in [6, 6.07) is 112. The summed E-state index contributed by atoms with van der Waals surface area (Å²) in [4.78, 5) is 0. The predicted molar refractivity (Wildman–Crippen MR) is 588 cm³/mol. The molecule has 0 aliphatic carbocycles. The summed E-state index contributed by atoms with van der Waals surface area (Å²) < 4.78 is 88.8. The first-order valence-electron chi connectivity index (χ1n) is 52.5. The molecule has 0 spiro atoms. The lowest BCUT2D eigenvalue weighted by Gasteiger charge is -2.27. The molecule has 5 heterocycles. The van der Waals surface area contributed by atoms with Crippen LogP contribution in [0.2, 0.25) is 0 Å². The van der Waals surface area contributed by atoms with E-state index in [1.54, 1.807) is 19.1 Å². The summed E-state index contributed by atoms with van der Waals surface area (Å²) in [6.07, 6.45) is 0. The minimum Gasteiger partial charge on any atom is -0.309 e. The van der Waals surface area contributed by atoms with Crippen molar-refractivity contribution in [2.24, 2.45) is 0 Å². The number of nitrogens with zero attached hydrogens (tertiary/aromatic N) is 5. The summed E-state index contributed by atoms with van der Waals surface area (Å²) >= 11 is 0. The van der Waals surface area contributed by atoms with Gasteiger partial charge < -0.3 is 22.8 Å². The molecule has 22 aromatic rings. The molecular formula is C131H127N5. The lowest BCUT2D eigenvalue weighted by Crippen LogP contribution is -2.16. The fourth-order valence-electron chi connectivity index (χ4n) is 20.4. The normalized spacial score (nSPS) is 13.6. The number of hydrogen-bond acceptors (Lipinski definition) is 0. The predicted octanol–water partition coefficient (Wildman–Crippen LogP) is 36.6. The van der Waals surface area contributed by atoms with E-state index >= 15 is 0 Å². The molecule has 0 aliphatic rings. The Morgan fingerprint density at radius 3 is 0.699 bits per heavy atom. The third-order valence-corrected chi connectivity index (χ3v) is 27.5. The third kappa shape index (κ3) is 16.4. The Labute approximate surface area is 816 Å². The molecule has 0 atom stereocenters. The highest BCUT2D eigenvalue weighted by Crippen LogP contribution is 2.48. The maximum atomic E-state index is 8.90. The first kappa shape index (κ1) is 79.2. The van der Waals surface area contributed by atoms with Gasteiger partial charge in [0.1, 0.15) is 0 Å². The fraction of sp³-hybridized carbons (Fsp3) is 0.221. The Hall–Kier alpha value is -14.3. The van der Waals surface area contributed by atoms with Crippen LogP contribution in [0.4, 0.5) is 0 Å². The van der Waals surface area contributed by atoms with E-state index < -0.39 is 18.1 Å². The molecule has 5 aromatic heterocycles. The van der Waals surface area contributed by atoms with Gasteiger partial charge in [-0.3, -0.25) is 0 Å². The lowest BCUT2D eigenvalue weighted by molar-refractivity contribution is 0.568. The summed E-state index contributed by atoms with van der Waals surface area (Å²) in [7, 11) is 0. The molecule has 676 valence electrons. The highest BCUT2D eigenvalue weighted by molar-refractivity contribution is 6.15. The van der Waals surface area contributed by atoms with Crippen LogP contribution in [0.1, 0.15) is 202 Å². The number of hydrogen-bond donors (Lipinski definition) is 0. The van der Waals surface area contributed by atoms with E-state index in [0.717, 1.165) is 44.4 Å². The van der Waals surface area contributed by atoms with Crippen molar-refractivity contribution in [3.63, 3.8) is 0 Å². The second-order valence-electron chi connectivity index (χ2n) is 44.5. The van der Waals surface area contributed by atoms with E-state index in [-0.39, 0.29) is 90.8 Å². The van der Waals surface area contributed by atoms with Gasteiger partial charge in [0.05, 0.1) is 84.6 Å². The molecule has 0 radical (unpaired) electrons. The minimum atomic E-state index is -0.496. The summed E-state index contributed by atoms with van der Waals surface area (Å²) in [5.41, 5.74) is 32.0. The topological polar surface area (TPSA) is 24.6 Å². The summed E-state index contributed by atoms with van der Waals surface area (Å²) in [5.74, 6) is 0. The Kier molecular flexibility index (Phi) is 19.6. The first-order chi connectivity index (χ1) is 68.5. The second kappa shape index (κ2) is 33.7. The van der Waals surface area contributed by atoms with Crippen molar-refractivity contribution in [1.82, 2.24) is 22.8 Å². The molecule has 22 rings (SSSR count). The first-order valence-corrected chi connectivity index (χ1v) is 48.0. The van der Waals surface area contributed by atoms with E-state index in [4.69, 9.17) is 12.3 Å². The smallest absolute Gasteiger partial charge is 0.0632 e. The van der Waals surface area contributed by atoms with Crippen LogP contribution in [0.15, 0.2) is 370 Å². The van der Waals surface area contributed by atoms with Gasteiger partial charge in [-0.25, -0.2) is 0 Å². The van der Waals surface area contributed by atoms with Crippen molar-refractivity contribution in [3.8, 4) is 72.9 Å². The molecule has 0 fully saturated rings. The molecule has 136 heavy (non-hydrogen) atoms. The second-order valence-corrected chi connectivity index (χ2v) is 44.5. The molecule has 0 amide bonds. The van der Waals surface area contributed by atoms with Crippen LogP contribution in [0.25, 0.3) is 182 Å². The van der Waals surface area contributed by atoms with Gasteiger partial charge in [0.15, 0.2) is 0 Å². The highest BCUT2D eigenvalue weighted by atomic mass is 15.1. The zero-order valence-electron chi connectivity index (χ0n) is 91.8. The minimum absolute atomic E-state index is 0.00101. The number of aromatic nitrogens is 5. The van der Waals surface area contributed by atoms with E-state index in [2.05, 4.69) is 435 Å². The lowest BCUT2D eigenvalue weighted by atomic mass is 9.78. The highest BCUT2D eigenvalue weighted by Gasteiger charge is 2.31. The van der Waals surface area contributed by atoms with E-state index in [0.29, 0.717) is 16.8 Å². The molecule has 5 nitrogen and oxygen atoms in total. The van der Waals surface area contributed by atoms with Crippen LogP contribution < -0.4 is 0 Å². The quantitative estimate of drug-likeness (QED) is 0.138. The van der Waals surface area contributed by atoms with Gasteiger partial charge >= 0.3 is 0 Å². The fourth-order valence-corrected chi connectivity index (χ4v) is 20.4. The zero-order chi connectivity index (χ0) is 103. The maximum Gasteiger partial charge on any atom is 0.0632 e. The molecule has 0 unspecified atom stereocenters. The number of para-hydroxylation sites is 10. The van der Waals surface area contributed by atoms with Crippen LogP contribution in [0.3, 0.4) is 0 Å². The molecule has 0 aliphatic heterocycles. The van der Waals surface area contributed by atoms with Gasteiger partial charge in [-0.05, 0) is 225 Å². The van der Waals surface area contributed by atoms with Crippen molar-refractivity contribution in [3.05, 3.63) is 414 Å². The number of fused-ring (bicyclic) bond motifs is 15. The van der Waals surface area contributed by atoms with Crippen LogP contribution >= 0.6 is 0 Å². The van der Waals surface area contributed by atoms with E-state index in [1.165, 1.54) is 149 Å². The van der Waals surface area contributed by atoms with Gasteiger partial charge in [0, 0.05) is 65.2 Å². The van der Waals surface area contributed by atoms with Gasteiger partial charge in [-0.15, -0.1) is 0 Å². The average molecular weight is 1780 g/mol. The van der Waals surface area contributed by atoms with E-state index in [9.17, 15) is 0 Å². The molecule has 0 saturated heterocycles. The number of rotatable bonds is 9. The Morgan fingerprint density at radius 1 is 0.184 bits per heavy atom. The zero-order valence-corrected chi connectivity index (χ0v) is 82.8. The molecular weight excluding hydrogens is 1640 g/mol. The van der Waals surface area contributed by atoms with E-state index in [1.807, 2.05) is 36.4 Å². The van der Waals surface area contributed by atoms with Crippen molar-refractivity contribution in [2.75, 3.05) is 0 Å². The van der Waals surface area contributed by atoms with Crippen LogP contribution in [0.5, 0.6) is 0 Å². The monoisotopic (exact) mass is 1780 g/mol. The van der Waals surface area contributed by atoms with Crippen LogP contribution in [-0.4, -0.2) is 22.8 Å². The average Bonchev–Trinajstić information content (AvgIpc) is 1.57. The van der Waals surface area contributed by atoms with Crippen molar-refractivity contribution in [1.29, 1.82) is 0 Å². The Bertz CT molecular complexity index is 8500. The largest absolute Gasteiger partial charge is 0.309 e. The summed E-state index contributed by atoms with van der Waals surface area (Å²) in [6.45, 7) is 49.9. The molecule has 5 heteroatoms. The van der Waals surface area contributed by atoms with Crippen molar-refractivity contribution < 1.29 is 12.3 Å². The van der Waals surface area contributed by atoms with Crippen LogP contribution in [-0.2, 0) is 37.9 Å². The molecule has 0 bridgehead atoms. The third-order valence-electron chi connectivity index (χ3n) is 27.5. The van der Waals surface area contributed by atoms with Gasteiger partial charge in [-0.1, -0.05) is 424 Å². The Morgan fingerprint density at radius 2 is 0.412 bits per heavy atom. The van der Waals surface area contributed by atoms with Crippen molar-refractivity contribution >= 4 is 109 Å². The SMILES string of the molecule is CC(C)(C)c1cc(-c2cc(-c3cc(C(C)(C)C)cc(C(C)(C)C)c3)cc(-n3c4ccccc4c4cccc(C(C)(C)C)c43)c2)cc(C(C)(C)C)c1.CC(C)(C)c1cccc2c3ccccc3n(-c3cc(-n4c5ccccc5c5ccccc54)cc(-n4c5ccccc5c5ccccc54)c3)c12.[2H]c1c([2H])c([2H])c(-c2cc(-c3c([2H])c([2H])c([2H])c(C)c3[2H])cc(-n3c4ccccc4c4cccc(C(C)(C)C)c43)c2)c([2H])c1[2H]. The van der Waals surface area contributed by atoms with Gasteiger partial charge in [-0.2, -0.15) is 0 Å². The van der Waals surface area contributed by atoms with Crippen molar-refractivity contribution in [2.45, 2.75) is 190 Å². The Balaban J connectivity index is 0.000000133. The summed E-state index contributed by atoms with van der Waals surface area (Å²) in [5, 5.41) is 12.2. The van der Waals surface area contributed by atoms with Gasteiger partial charge in [0.25, 0.3) is 0 Å². The van der Waals surface area contributed by atoms with Crippen LogP contribution in [0, 0.1) is 6.92 Å². The standard InChI is InChI=1S/C50H61N.C46H35N3.C35H31N/c1-46(2,3)36-24-34(25-37(30-36)47(4,5)6)32-23-33(35-26-38(48(7,8)9)31-39(27-35)49(10,11)12)29-40(28-32)51-44-22-17-16-19-41(44)42-20-18-21-43(45(42)51)50(13,14)15;1-46(2,3)39-21-14-20-38-37-19-8-13-26-44(37)49(45(38)39)32-28-30(47-40-22-9-4-15-33(40)34-16-5-10-23-41(34)47)27-31(29-32)48-42-24-11-6-17-35(42)36-18-7-12-25-43(36)48;1-24-12-10-15-26(20-24)28-21-27(25-13-6-5-7-14-25)22-29(23-28)36-33-19-9-8-16-30(33)31-17-11-18-32(34(31)36)35(2,3)4/h16-31H,1-15H3;4-29H,1-3H3;5-23H,1-4H3/i;;5D,6D,7D,10D,12D,13D,14D,15D,20D.